The molecule has 2 atom stereocenters. The molecular weight excluding hydrogens is 270 g/mol. The Labute approximate surface area is 127 Å². The van der Waals surface area contributed by atoms with Crippen LogP contribution in [0.1, 0.15) is 34.1 Å². The normalized spacial score (nSPS) is 19.0. The van der Waals surface area contributed by atoms with E-state index in [-0.39, 0.29) is 23.1 Å². The highest BCUT2D eigenvalue weighted by atomic mass is 16.5. The Kier molecular flexibility index (Phi) is 6.61. The Hall–Kier alpha value is -1.14. The summed E-state index contributed by atoms with van der Waals surface area (Å²) in [5.41, 5.74) is 5.73. The van der Waals surface area contributed by atoms with Crippen LogP contribution in [0.4, 0.5) is 0 Å². The molecule has 1 heterocycles. The van der Waals surface area contributed by atoms with Gasteiger partial charge in [-0.25, -0.2) is 0 Å². The van der Waals surface area contributed by atoms with E-state index in [9.17, 15) is 9.59 Å². The summed E-state index contributed by atoms with van der Waals surface area (Å²) in [6.07, 6.45) is 0.702. The molecule has 2 amide bonds. The summed E-state index contributed by atoms with van der Waals surface area (Å²) in [4.78, 5) is 26.2. The average Bonchev–Trinajstić information content (AvgIpc) is 2.43. The van der Waals surface area contributed by atoms with E-state index in [4.69, 9.17) is 10.5 Å². The molecule has 1 fully saturated rings. The van der Waals surface area contributed by atoms with Gasteiger partial charge in [-0.05, 0) is 18.8 Å². The first-order valence-corrected chi connectivity index (χ1v) is 7.61. The molecule has 1 rings (SSSR count). The Balaban J connectivity index is 2.53. The third-order valence-electron chi connectivity index (χ3n) is 3.57. The van der Waals surface area contributed by atoms with Crippen LogP contribution < -0.4 is 11.1 Å². The molecule has 1 aliphatic heterocycles. The first kappa shape index (κ1) is 17.9. The molecule has 6 nitrogen and oxygen atoms in total. The van der Waals surface area contributed by atoms with E-state index in [1.54, 1.807) is 11.8 Å². The van der Waals surface area contributed by atoms with Gasteiger partial charge in [0.15, 0.2) is 0 Å². The predicted octanol–water partition coefficient (Wildman–Crippen LogP) is 0.361. The van der Waals surface area contributed by atoms with Gasteiger partial charge in [0, 0.05) is 19.6 Å². The fourth-order valence-corrected chi connectivity index (χ4v) is 2.47. The summed E-state index contributed by atoms with van der Waals surface area (Å²) >= 11 is 0. The van der Waals surface area contributed by atoms with E-state index in [0.717, 1.165) is 0 Å². The summed E-state index contributed by atoms with van der Waals surface area (Å²) < 4.78 is 5.22. The van der Waals surface area contributed by atoms with Gasteiger partial charge in [0.1, 0.15) is 6.04 Å². The molecule has 122 valence electrons. The lowest BCUT2D eigenvalue weighted by molar-refractivity contribution is -0.140. The van der Waals surface area contributed by atoms with Crippen molar-refractivity contribution >= 4 is 11.8 Å². The van der Waals surface area contributed by atoms with Gasteiger partial charge >= 0.3 is 0 Å². The molecule has 1 aliphatic rings. The molecule has 0 radical (unpaired) electrons. The zero-order valence-corrected chi connectivity index (χ0v) is 13.6. The molecule has 0 saturated carbocycles. The highest BCUT2D eigenvalue weighted by molar-refractivity contribution is 5.88. The van der Waals surface area contributed by atoms with E-state index in [1.807, 2.05) is 0 Å². The number of nitrogens with one attached hydrogen (secondary N) is 1. The maximum atomic E-state index is 12.3. The molecule has 2 unspecified atom stereocenters. The summed E-state index contributed by atoms with van der Waals surface area (Å²) in [5, 5.41) is 2.80. The number of carbonyl (C=O) groups is 2. The van der Waals surface area contributed by atoms with Crippen molar-refractivity contribution < 1.29 is 14.3 Å². The molecule has 6 heteroatoms. The minimum atomic E-state index is -0.524. The monoisotopic (exact) mass is 299 g/mol. The van der Waals surface area contributed by atoms with Gasteiger partial charge in [0.05, 0.1) is 19.1 Å². The molecule has 21 heavy (non-hydrogen) atoms. The zero-order valence-electron chi connectivity index (χ0n) is 13.6. The predicted molar refractivity (Wildman–Crippen MR) is 81.6 cm³/mol. The number of carbonyl (C=O) groups excluding carboxylic acids is 2. The quantitative estimate of drug-likeness (QED) is 0.768. The van der Waals surface area contributed by atoms with Crippen LogP contribution >= 0.6 is 0 Å². The van der Waals surface area contributed by atoms with E-state index in [2.05, 4.69) is 26.1 Å². The summed E-state index contributed by atoms with van der Waals surface area (Å²) in [6, 6.07) is -0.524. The molecule has 0 aromatic heterocycles. The van der Waals surface area contributed by atoms with Gasteiger partial charge in [0.2, 0.25) is 11.8 Å². The largest absolute Gasteiger partial charge is 0.378 e. The molecule has 0 spiro atoms. The maximum Gasteiger partial charge on any atom is 0.245 e. The number of hydrogen-bond donors (Lipinski definition) is 2. The standard InChI is InChI=1S/C15H29N3O3/c1-11(14(20)18-5-7-21-8-6-18)17-13(19)12(10-16)9-15(2,3)4/h11-12H,5-10,16H2,1-4H3,(H,17,19). The van der Waals surface area contributed by atoms with Crippen LogP contribution in [-0.4, -0.2) is 55.6 Å². The third-order valence-corrected chi connectivity index (χ3v) is 3.57. The van der Waals surface area contributed by atoms with Crippen LogP contribution in [-0.2, 0) is 14.3 Å². The number of nitrogens with two attached hydrogens (primary N) is 1. The minimum Gasteiger partial charge on any atom is -0.378 e. The molecule has 1 saturated heterocycles. The van der Waals surface area contributed by atoms with Gasteiger partial charge < -0.3 is 20.7 Å². The number of rotatable bonds is 5. The fourth-order valence-electron chi connectivity index (χ4n) is 2.47. The lowest BCUT2D eigenvalue weighted by atomic mass is 9.84. The number of morpholine rings is 1. The highest BCUT2D eigenvalue weighted by Crippen LogP contribution is 2.24. The van der Waals surface area contributed by atoms with Gasteiger partial charge in [-0.3, -0.25) is 9.59 Å². The topological polar surface area (TPSA) is 84.7 Å². The lowest BCUT2D eigenvalue weighted by Gasteiger charge is -2.30. The van der Waals surface area contributed by atoms with Crippen LogP contribution in [0.5, 0.6) is 0 Å². The second kappa shape index (κ2) is 7.75. The maximum absolute atomic E-state index is 12.3. The van der Waals surface area contributed by atoms with Crippen molar-refractivity contribution in [2.45, 2.75) is 40.2 Å². The van der Waals surface area contributed by atoms with Gasteiger partial charge in [-0.2, -0.15) is 0 Å². The van der Waals surface area contributed by atoms with Gasteiger partial charge in [-0.15, -0.1) is 0 Å². The van der Waals surface area contributed by atoms with E-state index in [0.29, 0.717) is 39.3 Å². The van der Waals surface area contributed by atoms with Crippen LogP contribution in [0.15, 0.2) is 0 Å². The number of nitrogens with zero attached hydrogens (tertiary/aromatic N) is 1. The zero-order chi connectivity index (χ0) is 16.0. The fraction of sp³-hybridized carbons (Fsp3) is 0.867. The summed E-state index contributed by atoms with van der Waals surface area (Å²) in [5.74, 6) is -0.454. The Morgan fingerprint density at radius 2 is 1.86 bits per heavy atom. The van der Waals surface area contributed by atoms with Crippen LogP contribution in [0, 0.1) is 11.3 Å². The average molecular weight is 299 g/mol. The smallest absolute Gasteiger partial charge is 0.245 e. The minimum absolute atomic E-state index is 0.0266. The molecule has 0 aromatic carbocycles. The first-order valence-electron chi connectivity index (χ1n) is 7.61. The molecular formula is C15H29N3O3. The van der Waals surface area contributed by atoms with Crippen molar-refractivity contribution in [3.63, 3.8) is 0 Å². The third kappa shape index (κ3) is 6.01. The van der Waals surface area contributed by atoms with Crippen molar-refractivity contribution in [2.24, 2.45) is 17.1 Å². The van der Waals surface area contributed by atoms with Crippen LogP contribution in [0.3, 0.4) is 0 Å². The Bertz CT molecular complexity index is 360. The second-order valence-corrected chi connectivity index (χ2v) is 6.87. The first-order chi connectivity index (χ1) is 9.74. The molecule has 3 N–H and O–H groups in total. The van der Waals surface area contributed by atoms with Crippen molar-refractivity contribution in [3.05, 3.63) is 0 Å². The van der Waals surface area contributed by atoms with Gasteiger partial charge in [0.25, 0.3) is 0 Å². The Morgan fingerprint density at radius 1 is 1.29 bits per heavy atom. The van der Waals surface area contributed by atoms with E-state index >= 15 is 0 Å². The van der Waals surface area contributed by atoms with E-state index < -0.39 is 6.04 Å². The van der Waals surface area contributed by atoms with Crippen molar-refractivity contribution in [1.82, 2.24) is 10.2 Å². The highest BCUT2D eigenvalue weighted by Gasteiger charge is 2.28. The molecule has 0 aliphatic carbocycles. The number of ether oxygens (including phenoxy) is 1. The summed E-state index contributed by atoms with van der Waals surface area (Å²) in [7, 11) is 0. The second-order valence-electron chi connectivity index (χ2n) is 6.87. The number of amides is 2. The van der Waals surface area contributed by atoms with Crippen molar-refractivity contribution in [1.29, 1.82) is 0 Å². The number of hydrogen-bond acceptors (Lipinski definition) is 4. The van der Waals surface area contributed by atoms with Crippen molar-refractivity contribution in [2.75, 3.05) is 32.8 Å². The Morgan fingerprint density at radius 3 is 2.33 bits per heavy atom. The SMILES string of the molecule is CC(NC(=O)C(CN)CC(C)(C)C)C(=O)N1CCOCC1. The van der Waals surface area contributed by atoms with E-state index in [1.165, 1.54) is 0 Å². The molecule has 0 bridgehead atoms. The lowest BCUT2D eigenvalue weighted by Crippen LogP contribution is -2.52. The molecule has 0 aromatic rings. The summed E-state index contributed by atoms with van der Waals surface area (Å²) in [6.45, 7) is 10.5. The van der Waals surface area contributed by atoms with Crippen LogP contribution in [0.2, 0.25) is 0 Å². The van der Waals surface area contributed by atoms with Crippen LogP contribution in [0.25, 0.3) is 0 Å². The van der Waals surface area contributed by atoms with Gasteiger partial charge in [-0.1, -0.05) is 20.8 Å². The van der Waals surface area contributed by atoms with Crippen molar-refractivity contribution in [3.8, 4) is 0 Å².